The minimum atomic E-state index is -0.473. The average molecular weight is 310 g/mol. The summed E-state index contributed by atoms with van der Waals surface area (Å²) in [5.41, 5.74) is 6.36. The second-order valence-corrected chi connectivity index (χ2v) is 4.37. The van der Waals surface area contributed by atoms with Crippen molar-refractivity contribution in [2.45, 2.75) is 0 Å². The molecule has 1 aromatic heterocycles. The maximum Gasteiger partial charge on any atom is 0.275 e. The highest BCUT2D eigenvalue weighted by Crippen LogP contribution is 2.21. The van der Waals surface area contributed by atoms with Gasteiger partial charge in [0.05, 0.1) is 11.4 Å². The maximum atomic E-state index is 13.0. The number of halogens is 2. The molecule has 0 aliphatic rings. The molecule has 92 valence electrons. The van der Waals surface area contributed by atoms with Gasteiger partial charge in [0, 0.05) is 10.7 Å². The van der Waals surface area contributed by atoms with Gasteiger partial charge in [0.1, 0.15) is 11.5 Å². The van der Waals surface area contributed by atoms with Crippen molar-refractivity contribution in [1.29, 1.82) is 0 Å². The Morgan fingerprint density at radius 1 is 1.39 bits per heavy atom. The SMILES string of the molecule is Nc1ccc(F)cc1NC(=O)c1ncccc1Br. The zero-order chi connectivity index (χ0) is 13.1. The van der Waals surface area contributed by atoms with Crippen LogP contribution < -0.4 is 11.1 Å². The van der Waals surface area contributed by atoms with E-state index in [4.69, 9.17) is 5.73 Å². The van der Waals surface area contributed by atoms with Crippen LogP contribution >= 0.6 is 15.9 Å². The van der Waals surface area contributed by atoms with Crippen LogP contribution in [0.1, 0.15) is 10.5 Å². The van der Waals surface area contributed by atoms with Crippen LogP contribution in [0.2, 0.25) is 0 Å². The molecule has 0 radical (unpaired) electrons. The van der Waals surface area contributed by atoms with E-state index < -0.39 is 11.7 Å². The first-order chi connectivity index (χ1) is 8.58. The monoisotopic (exact) mass is 309 g/mol. The second kappa shape index (κ2) is 5.14. The first-order valence-electron chi connectivity index (χ1n) is 5.05. The van der Waals surface area contributed by atoms with Gasteiger partial charge in [0.15, 0.2) is 0 Å². The molecule has 18 heavy (non-hydrogen) atoms. The highest BCUT2D eigenvalue weighted by atomic mass is 79.9. The molecule has 4 nitrogen and oxygen atoms in total. The van der Waals surface area contributed by atoms with Gasteiger partial charge in [-0.2, -0.15) is 0 Å². The number of nitrogen functional groups attached to an aromatic ring is 1. The van der Waals surface area contributed by atoms with Gasteiger partial charge in [-0.3, -0.25) is 4.79 Å². The number of aromatic nitrogens is 1. The molecule has 0 bridgehead atoms. The Balaban J connectivity index is 2.27. The number of carbonyl (C=O) groups excluding carboxylic acids is 1. The van der Waals surface area contributed by atoms with Crippen LogP contribution in [0.25, 0.3) is 0 Å². The smallest absolute Gasteiger partial charge is 0.275 e. The quantitative estimate of drug-likeness (QED) is 0.838. The summed E-state index contributed by atoms with van der Waals surface area (Å²) in [6.45, 7) is 0. The van der Waals surface area contributed by atoms with Crippen molar-refractivity contribution in [3.05, 3.63) is 52.5 Å². The standard InChI is InChI=1S/C12H9BrFN3O/c13-8-2-1-5-16-11(8)12(18)17-10-6-7(14)3-4-9(10)15/h1-6H,15H2,(H,17,18). The van der Waals surface area contributed by atoms with Crippen LogP contribution in [0, 0.1) is 5.82 Å². The largest absolute Gasteiger partial charge is 0.397 e. The fourth-order valence-electron chi connectivity index (χ4n) is 1.37. The molecule has 0 saturated heterocycles. The third-order valence-electron chi connectivity index (χ3n) is 2.24. The molecule has 0 aliphatic carbocycles. The number of carbonyl (C=O) groups is 1. The third kappa shape index (κ3) is 2.65. The molecular formula is C12H9BrFN3O. The predicted octanol–water partition coefficient (Wildman–Crippen LogP) is 2.82. The third-order valence-corrected chi connectivity index (χ3v) is 2.88. The first-order valence-corrected chi connectivity index (χ1v) is 5.84. The fourth-order valence-corrected chi connectivity index (χ4v) is 1.81. The Morgan fingerprint density at radius 2 is 2.17 bits per heavy atom. The van der Waals surface area contributed by atoms with Crippen molar-refractivity contribution in [3.63, 3.8) is 0 Å². The second-order valence-electron chi connectivity index (χ2n) is 3.52. The summed E-state index contributed by atoms with van der Waals surface area (Å²) in [5, 5.41) is 2.51. The Labute approximate surface area is 111 Å². The van der Waals surface area contributed by atoms with E-state index in [0.29, 0.717) is 4.47 Å². The van der Waals surface area contributed by atoms with E-state index in [9.17, 15) is 9.18 Å². The number of benzene rings is 1. The average Bonchev–Trinajstić information content (AvgIpc) is 2.34. The molecule has 0 fully saturated rings. The van der Waals surface area contributed by atoms with E-state index in [-0.39, 0.29) is 17.1 Å². The van der Waals surface area contributed by atoms with Gasteiger partial charge >= 0.3 is 0 Å². The van der Waals surface area contributed by atoms with Crippen molar-refractivity contribution in [2.75, 3.05) is 11.1 Å². The van der Waals surface area contributed by atoms with Crippen molar-refractivity contribution in [3.8, 4) is 0 Å². The van der Waals surface area contributed by atoms with Crippen molar-refractivity contribution in [2.24, 2.45) is 0 Å². The summed E-state index contributed by atoms with van der Waals surface area (Å²) in [4.78, 5) is 15.8. The highest BCUT2D eigenvalue weighted by Gasteiger charge is 2.12. The van der Waals surface area contributed by atoms with Gasteiger partial charge in [0.2, 0.25) is 0 Å². The molecule has 0 spiro atoms. The fraction of sp³-hybridized carbons (Fsp3) is 0. The lowest BCUT2D eigenvalue weighted by Gasteiger charge is -2.08. The number of nitrogens with zero attached hydrogens (tertiary/aromatic N) is 1. The Hall–Kier alpha value is -1.95. The zero-order valence-electron chi connectivity index (χ0n) is 9.15. The van der Waals surface area contributed by atoms with Gasteiger partial charge in [0.25, 0.3) is 5.91 Å². The summed E-state index contributed by atoms with van der Waals surface area (Å²) >= 11 is 3.21. The predicted molar refractivity (Wildman–Crippen MR) is 70.7 cm³/mol. The summed E-state index contributed by atoms with van der Waals surface area (Å²) in [6, 6.07) is 7.15. The summed E-state index contributed by atoms with van der Waals surface area (Å²) in [7, 11) is 0. The Bertz CT molecular complexity index is 604. The Morgan fingerprint density at radius 3 is 2.89 bits per heavy atom. The van der Waals surface area contributed by atoms with E-state index in [0.717, 1.165) is 6.07 Å². The van der Waals surface area contributed by atoms with Gasteiger partial charge in [-0.25, -0.2) is 9.37 Å². The molecule has 0 atom stereocenters. The molecule has 2 rings (SSSR count). The van der Waals surface area contributed by atoms with Crippen molar-refractivity contribution in [1.82, 2.24) is 4.98 Å². The summed E-state index contributed by atoms with van der Waals surface area (Å²) in [6.07, 6.45) is 1.49. The number of amides is 1. The van der Waals surface area contributed by atoms with E-state index in [1.54, 1.807) is 12.1 Å². The van der Waals surface area contributed by atoms with Gasteiger partial charge in [-0.15, -0.1) is 0 Å². The molecule has 0 aliphatic heterocycles. The van der Waals surface area contributed by atoms with E-state index in [2.05, 4.69) is 26.2 Å². The molecule has 1 aromatic carbocycles. The van der Waals surface area contributed by atoms with Crippen LogP contribution in [-0.2, 0) is 0 Å². The van der Waals surface area contributed by atoms with Crippen LogP contribution in [-0.4, -0.2) is 10.9 Å². The number of rotatable bonds is 2. The summed E-state index contributed by atoms with van der Waals surface area (Å²) < 4.78 is 13.6. The van der Waals surface area contributed by atoms with Gasteiger partial charge < -0.3 is 11.1 Å². The number of anilines is 2. The first kappa shape index (κ1) is 12.5. The van der Waals surface area contributed by atoms with E-state index in [1.165, 1.54) is 18.3 Å². The topological polar surface area (TPSA) is 68.0 Å². The number of hydrogen-bond donors (Lipinski definition) is 2. The molecule has 2 aromatic rings. The lowest BCUT2D eigenvalue weighted by molar-refractivity contribution is 0.102. The number of nitrogens with two attached hydrogens (primary N) is 1. The molecule has 0 unspecified atom stereocenters. The lowest BCUT2D eigenvalue weighted by Crippen LogP contribution is -2.15. The molecule has 3 N–H and O–H groups in total. The minimum absolute atomic E-state index is 0.209. The van der Waals surface area contributed by atoms with Crippen molar-refractivity contribution >= 4 is 33.2 Å². The zero-order valence-corrected chi connectivity index (χ0v) is 10.7. The van der Waals surface area contributed by atoms with Crippen LogP contribution in [0.4, 0.5) is 15.8 Å². The lowest BCUT2D eigenvalue weighted by atomic mass is 10.2. The Kier molecular flexibility index (Phi) is 3.57. The molecule has 6 heteroatoms. The van der Waals surface area contributed by atoms with Gasteiger partial charge in [-0.1, -0.05) is 0 Å². The summed E-state index contributed by atoms with van der Waals surface area (Å²) in [5.74, 6) is -0.931. The molecule has 1 heterocycles. The number of hydrogen-bond acceptors (Lipinski definition) is 3. The maximum absolute atomic E-state index is 13.0. The normalized spacial score (nSPS) is 10.1. The minimum Gasteiger partial charge on any atom is -0.397 e. The van der Waals surface area contributed by atoms with E-state index in [1.807, 2.05) is 0 Å². The van der Waals surface area contributed by atoms with Crippen LogP contribution in [0.15, 0.2) is 41.0 Å². The molecule has 1 amide bonds. The van der Waals surface area contributed by atoms with Crippen LogP contribution in [0.3, 0.4) is 0 Å². The van der Waals surface area contributed by atoms with Crippen molar-refractivity contribution < 1.29 is 9.18 Å². The van der Waals surface area contributed by atoms with Gasteiger partial charge in [-0.05, 0) is 46.3 Å². The molecular weight excluding hydrogens is 301 g/mol. The van der Waals surface area contributed by atoms with Crippen LogP contribution in [0.5, 0.6) is 0 Å². The highest BCUT2D eigenvalue weighted by molar-refractivity contribution is 9.10. The number of pyridine rings is 1. The number of nitrogens with one attached hydrogen (secondary N) is 1. The van der Waals surface area contributed by atoms with E-state index >= 15 is 0 Å². The molecule has 0 saturated carbocycles.